The molecule has 41 heavy (non-hydrogen) atoms. The second-order valence-electron chi connectivity index (χ2n) is 9.67. The quantitative estimate of drug-likeness (QED) is 0.281. The molecule has 3 aromatic heterocycles. The number of imidazole rings is 1. The van der Waals surface area contributed by atoms with Gasteiger partial charge in [0, 0.05) is 57.3 Å². The number of rotatable bonds is 5. The minimum Gasteiger partial charge on any atom is -0.337 e. The van der Waals surface area contributed by atoms with Gasteiger partial charge in [0.15, 0.2) is 11.5 Å². The van der Waals surface area contributed by atoms with Gasteiger partial charge in [-0.2, -0.15) is 18.3 Å². The number of H-pyrrole nitrogens is 1. The van der Waals surface area contributed by atoms with Gasteiger partial charge < -0.3 is 25.8 Å². The minimum absolute atomic E-state index is 0.129. The van der Waals surface area contributed by atoms with Crippen molar-refractivity contribution in [1.29, 1.82) is 0 Å². The van der Waals surface area contributed by atoms with Crippen molar-refractivity contribution in [2.45, 2.75) is 12.2 Å². The molecule has 0 atom stereocenters. The van der Waals surface area contributed by atoms with Gasteiger partial charge in [0.1, 0.15) is 5.69 Å². The lowest BCUT2D eigenvalue weighted by Gasteiger charge is -2.37. The van der Waals surface area contributed by atoms with Crippen LogP contribution in [0.1, 0.15) is 16.1 Å². The second kappa shape index (κ2) is 10.6. The van der Waals surface area contributed by atoms with Crippen molar-refractivity contribution in [2.75, 3.05) is 44.6 Å². The Hall–Kier alpha value is -4.37. The summed E-state index contributed by atoms with van der Waals surface area (Å²) in [5.41, 5.74) is 0.151. The number of aromatic nitrogens is 5. The number of alkyl halides is 3. The zero-order valence-corrected chi connectivity index (χ0v) is 22.1. The number of piperazine rings is 1. The van der Waals surface area contributed by atoms with E-state index in [1.54, 1.807) is 28.0 Å². The Morgan fingerprint density at radius 1 is 1.05 bits per heavy atom. The zero-order chi connectivity index (χ0) is 28.7. The molecule has 2 fully saturated rings. The number of fused-ring (bicyclic) bond motifs is 1. The Labute approximate surface area is 235 Å². The van der Waals surface area contributed by atoms with Gasteiger partial charge in [0.25, 0.3) is 5.91 Å². The first-order valence-electron chi connectivity index (χ1n) is 12.7. The summed E-state index contributed by atoms with van der Waals surface area (Å²) in [5.74, 6) is 0.0292. The van der Waals surface area contributed by atoms with Gasteiger partial charge in [-0.25, -0.2) is 14.8 Å². The molecule has 0 spiro atoms. The van der Waals surface area contributed by atoms with E-state index in [9.17, 15) is 22.8 Å². The van der Waals surface area contributed by atoms with E-state index in [4.69, 9.17) is 11.6 Å². The van der Waals surface area contributed by atoms with E-state index in [2.05, 4.69) is 31.0 Å². The molecule has 16 heteroatoms. The van der Waals surface area contributed by atoms with Crippen LogP contribution in [0.5, 0.6) is 0 Å². The third-order valence-corrected chi connectivity index (χ3v) is 7.36. The highest BCUT2D eigenvalue weighted by Gasteiger charge is 2.37. The van der Waals surface area contributed by atoms with Crippen molar-refractivity contribution in [1.82, 2.24) is 45.0 Å². The number of hydrogen-bond acceptors (Lipinski definition) is 7. The third-order valence-electron chi connectivity index (χ3n) is 7.05. The molecule has 6 rings (SSSR count). The van der Waals surface area contributed by atoms with Gasteiger partial charge in [-0.05, 0) is 18.2 Å². The summed E-state index contributed by atoms with van der Waals surface area (Å²) in [4.78, 5) is 37.4. The van der Waals surface area contributed by atoms with Crippen LogP contribution in [0.4, 0.5) is 29.5 Å². The van der Waals surface area contributed by atoms with E-state index in [1.807, 2.05) is 5.10 Å². The third kappa shape index (κ3) is 5.25. The predicted octanol–water partition coefficient (Wildman–Crippen LogP) is 2.97. The molecular formula is C25H24ClF3N10O2. The highest BCUT2D eigenvalue weighted by molar-refractivity contribution is 6.34. The molecule has 0 bridgehead atoms. The maximum atomic E-state index is 13.4. The summed E-state index contributed by atoms with van der Waals surface area (Å²) in [6, 6.07) is 4.83. The molecule has 4 aromatic rings. The summed E-state index contributed by atoms with van der Waals surface area (Å²) in [6.07, 6.45) is 0.715. The fraction of sp³-hybridized carbons (Fsp3) is 0.320. The lowest BCUT2D eigenvalue weighted by atomic mass is 10.1. The highest BCUT2D eigenvalue weighted by atomic mass is 35.5. The molecule has 214 valence electrons. The SMILES string of the molecule is O=C(NC1CNC1)N1CCN(C(=O)c2ccc(Nc3nccn4c(-c5cn[nH]c5C(F)(F)F)cnc34)cc2Cl)CC1. The van der Waals surface area contributed by atoms with E-state index in [1.165, 1.54) is 23.0 Å². The first-order valence-corrected chi connectivity index (χ1v) is 13.1. The summed E-state index contributed by atoms with van der Waals surface area (Å²) in [6.45, 7) is 3.12. The monoisotopic (exact) mass is 588 g/mol. The Kier molecular flexibility index (Phi) is 6.91. The van der Waals surface area contributed by atoms with E-state index in [-0.39, 0.29) is 45.7 Å². The number of urea groups is 1. The summed E-state index contributed by atoms with van der Waals surface area (Å²) >= 11 is 6.49. The highest BCUT2D eigenvalue weighted by Crippen LogP contribution is 2.36. The molecule has 2 aliphatic rings. The van der Waals surface area contributed by atoms with E-state index >= 15 is 0 Å². The maximum absolute atomic E-state index is 13.4. The van der Waals surface area contributed by atoms with Crippen LogP contribution in [-0.2, 0) is 6.18 Å². The Morgan fingerprint density at radius 2 is 1.80 bits per heavy atom. The average Bonchev–Trinajstić information content (AvgIpc) is 3.58. The number of carbonyl (C=O) groups excluding carboxylic acids is 2. The largest absolute Gasteiger partial charge is 0.433 e. The fourth-order valence-corrected chi connectivity index (χ4v) is 5.01. The molecule has 0 unspecified atom stereocenters. The van der Waals surface area contributed by atoms with Crippen LogP contribution in [0, 0.1) is 0 Å². The Morgan fingerprint density at radius 3 is 2.49 bits per heavy atom. The van der Waals surface area contributed by atoms with Crippen LogP contribution in [0.2, 0.25) is 5.02 Å². The van der Waals surface area contributed by atoms with Gasteiger partial charge >= 0.3 is 12.2 Å². The molecule has 5 heterocycles. The fourth-order valence-electron chi connectivity index (χ4n) is 4.75. The van der Waals surface area contributed by atoms with Crippen molar-refractivity contribution >= 4 is 40.7 Å². The number of halogens is 4. The number of amides is 3. The van der Waals surface area contributed by atoms with Crippen molar-refractivity contribution in [2.24, 2.45) is 0 Å². The van der Waals surface area contributed by atoms with Crippen LogP contribution in [0.15, 0.2) is 43.0 Å². The molecule has 2 saturated heterocycles. The normalized spacial score (nSPS) is 16.1. The van der Waals surface area contributed by atoms with Crippen LogP contribution in [0.3, 0.4) is 0 Å². The number of aromatic amines is 1. The standard InChI is InChI=1S/C25H24ClF3N10O2/c26-18-9-14(1-2-16(18)23(40)37-5-7-38(8-6-37)24(41)35-15-10-30-11-15)34-21-22-32-13-19(39(22)4-3-31-21)17-12-33-36-20(17)25(27,28)29/h1-4,9,12-13,15,30H,5-8,10-11H2,(H,31,34)(H,33,36)(H,35,41). The van der Waals surface area contributed by atoms with Crippen molar-refractivity contribution < 1.29 is 22.8 Å². The number of anilines is 2. The van der Waals surface area contributed by atoms with Crippen molar-refractivity contribution in [3.05, 3.63) is 59.3 Å². The summed E-state index contributed by atoms with van der Waals surface area (Å²) < 4.78 is 41.7. The molecular weight excluding hydrogens is 565 g/mol. The van der Waals surface area contributed by atoms with Crippen LogP contribution < -0.4 is 16.0 Å². The molecule has 0 aliphatic carbocycles. The number of hydrogen-bond donors (Lipinski definition) is 4. The van der Waals surface area contributed by atoms with Crippen molar-refractivity contribution in [3.63, 3.8) is 0 Å². The number of nitrogens with zero attached hydrogens (tertiary/aromatic N) is 6. The topological polar surface area (TPSA) is 136 Å². The van der Waals surface area contributed by atoms with Gasteiger partial charge in [0.2, 0.25) is 0 Å². The minimum atomic E-state index is -4.62. The van der Waals surface area contributed by atoms with Crippen LogP contribution >= 0.6 is 11.6 Å². The number of benzene rings is 1. The molecule has 3 amide bonds. The Balaban J connectivity index is 1.15. The van der Waals surface area contributed by atoms with Crippen LogP contribution in [-0.4, -0.2) is 91.6 Å². The predicted molar refractivity (Wildman–Crippen MR) is 143 cm³/mol. The number of nitrogens with one attached hydrogen (secondary N) is 4. The van der Waals surface area contributed by atoms with Gasteiger partial charge in [-0.3, -0.25) is 14.3 Å². The molecule has 12 nitrogen and oxygen atoms in total. The molecule has 1 aromatic carbocycles. The maximum Gasteiger partial charge on any atom is 0.433 e. The number of carbonyl (C=O) groups is 2. The molecule has 0 saturated carbocycles. The first kappa shape index (κ1) is 26.8. The van der Waals surface area contributed by atoms with E-state index < -0.39 is 11.9 Å². The zero-order valence-electron chi connectivity index (χ0n) is 21.4. The molecule has 2 aliphatic heterocycles. The smallest absolute Gasteiger partial charge is 0.337 e. The van der Waals surface area contributed by atoms with Crippen LogP contribution in [0.25, 0.3) is 16.9 Å². The average molecular weight is 589 g/mol. The Bertz CT molecular complexity index is 1610. The second-order valence-corrected chi connectivity index (χ2v) is 10.1. The van der Waals surface area contributed by atoms with E-state index in [0.717, 1.165) is 19.3 Å². The molecule has 0 radical (unpaired) electrons. The van der Waals surface area contributed by atoms with E-state index in [0.29, 0.717) is 37.4 Å². The van der Waals surface area contributed by atoms with Gasteiger partial charge in [-0.1, -0.05) is 11.6 Å². The lowest BCUT2D eigenvalue weighted by Crippen LogP contribution is -2.61. The van der Waals surface area contributed by atoms with Crippen molar-refractivity contribution in [3.8, 4) is 11.3 Å². The lowest BCUT2D eigenvalue weighted by molar-refractivity contribution is -0.140. The first-order chi connectivity index (χ1) is 19.7. The molecule has 4 N–H and O–H groups in total. The van der Waals surface area contributed by atoms with Gasteiger partial charge in [0.05, 0.1) is 40.3 Å². The summed E-state index contributed by atoms with van der Waals surface area (Å²) in [5, 5.41) is 14.9. The summed E-state index contributed by atoms with van der Waals surface area (Å²) in [7, 11) is 0. The van der Waals surface area contributed by atoms with Gasteiger partial charge in [-0.15, -0.1) is 0 Å².